The van der Waals surface area contributed by atoms with E-state index < -0.39 is 0 Å². The molecule has 0 fully saturated rings. The highest BCUT2D eigenvalue weighted by Gasteiger charge is 2.19. The summed E-state index contributed by atoms with van der Waals surface area (Å²) >= 11 is 1.85. The van der Waals surface area contributed by atoms with Gasteiger partial charge in [-0.2, -0.15) is 0 Å². The first-order chi connectivity index (χ1) is 28.2. The van der Waals surface area contributed by atoms with Crippen molar-refractivity contribution in [2.45, 2.75) is 0 Å². The van der Waals surface area contributed by atoms with Crippen molar-refractivity contribution >= 4 is 70.5 Å². The molecule has 2 nitrogen and oxygen atoms in total. The molecule has 0 saturated heterocycles. The molecule has 9 aromatic carbocycles. The summed E-state index contributed by atoms with van der Waals surface area (Å²) in [5, 5.41) is 4.95. The van der Waals surface area contributed by atoms with Gasteiger partial charge in [-0.05, 0) is 105 Å². The first kappa shape index (κ1) is 33.2. The van der Waals surface area contributed by atoms with Crippen molar-refractivity contribution in [2.75, 3.05) is 4.90 Å². The van der Waals surface area contributed by atoms with Crippen LogP contribution in [0.3, 0.4) is 0 Å². The molecule has 0 unspecified atom stereocenters. The zero-order chi connectivity index (χ0) is 37.7. The molecule has 0 bridgehead atoms. The maximum Gasteiger partial charge on any atom is 0.136 e. The summed E-state index contributed by atoms with van der Waals surface area (Å²) in [6.07, 6.45) is 0. The second-order valence-corrected chi connectivity index (χ2v) is 15.5. The molecule has 11 aromatic rings. The highest BCUT2D eigenvalue weighted by atomic mass is 32.1. The van der Waals surface area contributed by atoms with E-state index in [1.54, 1.807) is 0 Å². The number of nitrogens with zero attached hydrogens (tertiary/aromatic N) is 1. The van der Waals surface area contributed by atoms with Crippen molar-refractivity contribution in [3.63, 3.8) is 0 Å². The van der Waals surface area contributed by atoms with E-state index in [0.717, 1.165) is 39.4 Å². The highest BCUT2D eigenvalue weighted by Crippen LogP contribution is 2.45. The number of hydrogen-bond acceptors (Lipinski definition) is 3. The van der Waals surface area contributed by atoms with Gasteiger partial charge in [0.2, 0.25) is 0 Å². The normalized spacial score (nSPS) is 11.5. The van der Waals surface area contributed by atoms with E-state index in [1.807, 2.05) is 11.3 Å². The first-order valence-electron chi connectivity index (χ1n) is 19.3. The summed E-state index contributed by atoms with van der Waals surface area (Å²) in [5.74, 6) is 0. The third-order valence-corrected chi connectivity index (χ3v) is 12.3. The molecular formula is C54H35NOS. The summed E-state index contributed by atoms with van der Waals surface area (Å²) < 4.78 is 9.06. The number of furan rings is 1. The second-order valence-electron chi connectivity index (χ2n) is 14.5. The summed E-state index contributed by atoms with van der Waals surface area (Å²) in [7, 11) is 0. The molecule has 2 heterocycles. The van der Waals surface area contributed by atoms with E-state index in [9.17, 15) is 0 Å². The summed E-state index contributed by atoms with van der Waals surface area (Å²) in [5.41, 5.74) is 14.6. The molecule has 0 N–H and O–H groups in total. The van der Waals surface area contributed by atoms with Crippen LogP contribution in [0.5, 0.6) is 0 Å². The highest BCUT2D eigenvalue weighted by molar-refractivity contribution is 7.26. The van der Waals surface area contributed by atoms with Gasteiger partial charge in [-0.15, -0.1) is 11.3 Å². The first-order valence-corrected chi connectivity index (χ1v) is 20.1. The van der Waals surface area contributed by atoms with Crippen LogP contribution in [-0.4, -0.2) is 0 Å². The third-order valence-electron chi connectivity index (χ3n) is 11.1. The average Bonchev–Trinajstić information content (AvgIpc) is 3.87. The fourth-order valence-corrected chi connectivity index (χ4v) is 9.55. The van der Waals surface area contributed by atoms with Gasteiger partial charge < -0.3 is 9.32 Å². The molecular weight excluding hydrogens is 711 g/mol. The smallest absolute Gasteiger partial charge is 0.136 e. The molecule has 0 aliphatic rings. The maximum atomic E-state index is 6.48. The van der Waals surface area contributed by atoms with Gasteiger partial charge in [-0.3, -0.25) is 0 Å². The summed E-state index contributed by atoms with van der Waals surface area (Å²) in [6.45, 7) is 0. The van der Waals surface area contributed by atoms with Crippen molar-refractivity contribution in [3.8, 4) is 44.5 Å². The zero-order valence-electron chi connectivity index (χ0n) is 31.0. The molecule has 0 saturated carbocycles. The molecule has 57 heavy (non-hydrogen) atoms. The lowest BCUT2D eigenvalue weighted by atomic mass is 9.96. The fraction of sp³-hybridized carbons (Fsp3) is 0. The fourth-order valence-electron chi connectivity index (χ4n) is 8.31. The molecule has 0 amide bonds. The Morgan fingerprint density at radius 1 is 0.333 bits per heavy atom. The van der Waals surface area contributed by atoms with Crippen LogP contribution in [0.15, 0.2) is 217 Å². The van der Waals surface area contributed by atoms with Crippen LogP contribution < -0.4 is 4.90 Å². The quantitative estimate of drug-likeness (QED) is 0.162. The topological polar surface area (TPSA) is 16.4 Å². The minimum absolute atomic E-state index is 0.915. The van der Waals surface area contributed by atoms with E-state index in [4.69, 9.17) is 4.42 Å². The van der Waals surface area contributed by atoms with Gasteiger partial charge in [-0.25, -0.2) is 0 Å². The predicted molar refractivity (Wildman–Crippen MR) is 243 cm³/mol. The summed E-state index contributed by atoms with van der Waals surface area (Å²) in [6, 6.07) is 76.2. The summed E-state index contributed by atoms with van der Waals surface area (Å²) in [4.78, 5) is 2.35. The van der Waals surface area contributed by atoms with Gasteiger partial charge in [0.15, 0.2) is 0 Å². The number of benzene rings is 9. The number of rotatable bonds is 7. The van der Waals surface area contributed by atoms with Gasteiger partial charge in [0.25, 0.3) is 0 Å². The van der Waals surface area contributed by atoms with E-state index in [1.165, 1.54) is 64.3 Å². The van der Waals surface area contributed by atoms with Gasteiger partial charge in [0.05, 0.1) is 0 Å². The van der Waals surface area contributed by atoms with Crippen molar-refractivity contribution in [1.29, 1.82) is 0 Å². The Labute approximate surface area is 335 Å². The molecule has 2 aromatic heterocycles. The van der Waals surface area contributed by atoms with Crippen LogP contribution in [0.25, 0.3) is 86.6 Å². The Kier molecular flexibility index (Phi) is 8.04. The number of anilines is 3. The SMILES string of the molecule is c1ccc(-c2ccc(N(c3ccc(-c4ccccc4)cc3)c3cccc(-c4ccc(-c5cccc6oc7ccc8c9ccccc9sc8c7c56)cc4)c3)cc2)cc1. The van der Waals surface area contributed by atoms with Gasteiger partial charge in [-0.1, -0.05) is 152 Å². The van der Waals surface area contributed by atoms with E-state index in [0.29, 0.717) is 0 Å². The van der Waals surface area contributed by atoms with Crippen LogP contribution in [0.4, 0.5) is 17.1 Å². The molecule has 0 atom stereocenters. The van der Waals surface area contributed by atoms with Crippen LogP contribution in [0.1, 0.15) is 0 Å². The zero-order valence-corrected chi connectivity index (χ0v) is 31.8. The monoisotopic (exact) mass is 745 g/mol. The Bertz CT molecular complexity index is 3110. The van der Waals surface area contributed by atoms with Crippen molar-refractivity contribution in [2.24, 2.45) is 0 Å². The van der Waals surface area contributed by atoms with Crippen LogP contribution in [0.2, 0.25) is 0 Å². The van der Waals surface area contributed by atoms with Gasteiger partial charge in [0, 0.05) is 48.0 Å². The standard InChI is InChI=1S/C54H35NOS/c1-3-11-36(12-4-1)38-25-29-43(30-26-38)55(44-31-27-39(28-32-44)37-13-5-2-6-14-37)45-16-9-15-42(35-45)40-21-23-41(24-22-40)46-18-10-19-49-52(46)53-50(56-49)34-33-48-47-17-7-8-20-51(47)57-54(48)53/h1-35H. The van der Waals surface area contributed by atoms with Crippen LogP contribution in [-0.2, 0) is 0 Å². The molecule has 3 heteroatoms. The lowest BCUT2D eigenvalue weighted by Crippen LogP contribution is -2.10. The van der Waals surface area contributed by atoms with Crippen molar-refractivity contribution in [3.05, 3.63) is 212 Å². The van der Waals surface area contributed by atoms with E-state index in [-0.39, 0.29) is 0 Å². The Morgan fingerprint density at radius 3 is 1.54 bits per heavy atom. The number of fused-ring (bicyclic) bond motifs is 7. The third kappa shape index (κ3) is 5.88. The number of hydrogen-bond donors (Lipinski definition) is 0. The molecule has 0 aliphatic carbocycles. The lowest BCUT2D eigenvalue weighted by molar-refractivity contribution is 0.669. The van der Waals surface area contributed by atoms with E-state index >= 15 is 0 Å². The molecule has 11 rings (SSSR count). The van der Waals surface area contributed by atoms with Crippen molar-refractivity contribution < 1.29 is 4.42 Å². The molecule has 268 valence electrons. The minimum atomic E-state index is 0.915. The minimum Gasteiger partial charge on any atom is -0.456 e. The molecule has 0 radical (unpaired) electrons. The Balaban J connectivity index is 0.976. The largest absolute Gasteiger partial charge is 0.456 e. The van der Waals surface area contributed by atoms with Crippen LogP contribution >= 0.6 is 11.3 Å². The van der Waals surface area contributed by atoms with Gasteiger partial charge in [0.1, 0.15) is 11.2 Å². The second kappa shape index (κ2) is 13.8. The Hall–Kier alpha value is -7.20. The molecule has 0 spiro atoms. The van der Waals surface area contributed by atoms with Crippen molar-refractivity contribution in [1.82, 2.24) is 0 Å². The lowest BCUT2D eigenvalue weighted by Gasteiger charge is -2.26. The molecule has 0 aliphatic heterocycles. The predicted octanol–water partition coefficient (Wildman–Crippen LogP) is 16.1. The average molecular weight is 746 g/mol. The Morgan fingerprint density at radius 2 is 0.860 bits per heavy atom. The number of thiophene rings is 1. The van der Waals surface area contributed by atoms with Gasteiger partial charge >= 0.3 is 0 Å². The van der Waals surface area contributed by atoms with Crippen LogP contribution in [0, 0.1) is 0 Å². The van der Waals surface area contributed by atoms with E-state index in [2.05, 4.69) is 217 Å². The maximum absolute atomic E-state index is 6.48.